The van der Waals surface area contributed by atoms with Gasteiger partial charge in [-0.2, -0.15) is 0 Å². The Morgan fingerprint density at radius 1 is 1.09 bits per heavy atom. The number of anilines is 1. The first-order valence-corrected chi connectivity index (χ1v) is 11.4. The summed E-state index contributed by atoms with van der Waals surface area (Å²) in [6.07, 6.45) is 0.387. The molecule has 2 aliphatic rings. The molecule has 4 rings (SSSR count). The molecule has 1 aliphatic heterocycles. The van der Waals surface area contributed by atoms with Gasteiger partial charge in [-0.05, 0) is 50.1 Å². The molecule has 1 atom stereocenters. The minimum absolute atomic E-state index is 0.0234. The molecule has 2 aromatic carbocycles. The Bertz CT molecular complexity index is 1160. The summed E-state index contributed by atoms with van der Waals surface area (Å²) in [5.74, 6) is -0.232. The van der Waals surface area contributed by atoms with Crippen LogP contribution in [0.5, 0.6) is 17.2 Å². The van der Waals surface area contributed by atoms with Crippen LogP contribution in [-0.2, 0) is 19.6 Å². The smallest absolute Gasteiger partial charge is 0.338 e. The van der Waals surface area contributed by atoms with Gasteiger partial charge in [0.1, 0.15) is 10.6 Å². The number of carbonyl (C=O) groups excluding carboxylic acids is 2. The lowest BCUT2D eigenvalue weighted by Crippen LogP contribution is -2.30. The van der Waals surface area contributed by atoms with E-state index in [4.69, 9.17) is 18.9 Å². The predicted octanol–water partition coefficient (Wildman–Crippen LogP) is 2.05. The van der Waals surface area contributed by atoms with Crippen LogP contribution in [0.2, 0.25) is 0 Å². The number of methoxy groups -OCH3 is 1. The molecular weight excluding hydrogens is 440 g/mol. The van der Waals surface area contributed by atoms with E-state index in [0.717, 1.165) is 12.8 Å². The van der Waals surface area contributed by atoms with Gasteiger partial charge in [-0.15, -0.1) is 0 Å². The second kappa shape index (κ2) is 8.67. The van der Waals surface area contributed by atoms with Gasteiger partial charge in [0.25, 0.3) is 5.91 Å². The van der Waals surface area contributed by atoms with E-state index in [1.54, 1.807) is 18.2 Å². The van der Waals surface area contributed by atoms with Crippen molar-refractivity contribution in [3.63, 3.8) is 0 Å². The summed E-state index contributed by atoms with van der Waals surface area (Å²) < 4.78 is 48.7. The lowest BCUT2D eigenvalue weighted by Gasteiger charge is -2.15. The summed E-state index contributed by atoms with van der Waals surface area (Å²) >= 11 is 0. The normalized spacial score (nSPS) is 15.7. The topological polar surface area (TPSA) is 129 Å². The third kappa shape index (κ3) is 4.78. The number of hydrogen-bond acceptors (Lipinski definition) is 8. The van der Waals surface area contributed by atoms with E-state index in [1.807, 2.05) is 0 Å². The van der Waals surface area contributed by atoms with Crippen molar-refractivity contribution in [1.29, 1.82) is 0 Å². The number of fused-ring (bicyclic) bond motifs is 1. The number of carbonyl (C=O) groups is 2. The van der Waals surface area contributed by atoms with Gasteiger partial charge in [0.15, 0.2) is 17.6 Å². The first kappa shape index (κ1) is 21.9. The number of benzene rings is 2. The van der Waals surface area contributed by atoms with Gasteiger partial charge in [-0.25, -0.2) is 17.9 Å². The average molecular weight is 462 g/mol. The summed E-state index contributed by atoms with van der Waals surface area (Å²) in [5, 5.41) is 2.63. The number of nitrogens with one attached hydrogen (secondary N) is 2. The molecule has 32 heavy (non-hydrogen) atoms. The zero-order valence-corrected chi connectivity index (χ0v) is 18.2. The van der Waals surface area contributed by atoms with Crippen LogP contribution >= 0.6 is 0 Å². The molecule has 10 nitrogen and oxygen atoms in total. The third-order valence-corrected chi connectivity index (χ3v) is 6.42. The fraction of sp³-hybridized carbons (Fsp3) is 0.333. The maximum absolute atomic E-state index is 12.6. The van der Waals surface area contributed by atoms with Crippen LogP contribution < -0.4 is 24.2 Å². The Labute approximate surface area is 184 Å². The number of esters is 1. The lowest BCUT2D eigenvalue weighted by molar-refractivity contribution is -0.123. The van der Waals surface area contributed by atoms with Crippen LogP contribution in [0.3, 0.4) is 0 Å². The third-order valence-electron chi connectivity index (χ3n) is 4.88. The molecule has 0 aromatic heterocycles. The molecule has 1 fully saturated rings. The summed E-state index contributed by atoms with van der Waals surface area (Å²) in [5.41, 5.74) is 0.427. The molecule has 170 valence electrons. The van der Waals surface area contributed by atoms with Crippen molar-refractivity contribution < 1.29 is 37.0 Å². The minimum Gasteiger partial charge on any atom is -0.495 e. The van der Waals surface area contributed by atoms with Gasteiger partial charge in [-0.3, -0.25) is 4.79 Å². The van der Waals surface area contributed by atoms with Crippen molar-refractivity contribution in [3.05, 3.63) is 42.0 Å². The second-order valence-corrected chi connectivity index (χ2v) is 9.05. The molecule has 0 unspecified atom stereocenters. The maximum Gasteiger partial charge on any atom is 0.338 e. The minimum atomic E-state index is -3.87. The number of ether oxygens (including phenoxy) is 4. The van der Waals surface area contributed by atoms with E-state index < -0.39 is 28.0 Å². The highest BCUT2D eigenvalue weighted by molar-refractivity contribution is 7.89. The zero-order valence-electron chi connectivity index (χ0n) is 17.4. The van der Waals surface area contributed by atoms with Crippen LogP contribution in [0.4, 0.5) is 5.69 Å². The fourth-order valence-corrected chi connectivity index (χ4v) is 4.50. The average Bonchev–Trinajstić information content (AvgIpc) is 3.44. The number of hydrogen-bond donors (Lipinski definition) is 2. The first-order chi connectivity index (χ1) is 15.3. The number of sulfonamides is 1. The van der Waals surface area contributed by atoms with Crippen molar-refractivity contribution in [2.45, 2.75) is 36.8 Å². The Morgan fingerprint density at radius 2 is 1.84 bits per heavy atom. The van der Waals surface area contributed by atoms with Gasteiger partial charge in [-0.1, -0.05) is 0 Å². The standard InChI is InChI=1S/C21H22N2O8S/c1-12(20(24)22-15-6-8-16-18(10-15)30-11-29-16)31-21(25)13-3-7-17(28-2)19(9-13)32(26,27)23-14-4-5-14/h3,6-10,12,14,23H,4-5,11H2,1-2H3,(H,22,24)/t12-/m0/s1. The Morgan fingerprint density at radius 3 is 2.56 bits per heavy atom. The SMILES string of the molecule is COc1ccc(C(=O)O[C@@H](C)C(=O)Nc2ccc3c(c2)OCO3)cc1S(=O)(=O)NC1CC1. The predicted molar refractivity (Wildman–Crippen MR) is 112 cm³/mol. The lowest BCUT2D eigenvalue weighted by atomic mass is 10.2. The van der Waals surface area contributed by atoms with E-state index in [9.17, 15) is 18.0 Å². The van der Waals surface area contributed by atoms with Crippen LogP contribution in [0.25, 0.3) is 0 Å². The van der Waals surface area contributed by atoms with Crippen molar-refractivity contribution >= 4 is 27.6 Å². The summed E-state index contributed by atoms with van der Waals surface area (Å²) in [6, 6.07) is 8.70. The number of amides is 1. The Balaban J connectivity index is 1.44. The molecule has 0 radical (unpaired) electrons. The molecule has 1 aliphatic carbocycles. The van der Waals surface area contributed by atoms with Gasteiger partial charge in [0.05, 0.1) is 12.7 Å². The quantitative estimate of drug-likeness (QED) is 0.570. The Kier molecular flexibility index (Phi) is 5.94. The summed E-state index contributed by atoms with van der Waals surface area (Å²) in [7, 11) is -2.53. The van der Waals surface area contributed by atoms with E-state index in [1.165, 1.54) is 32.2 Å². The van der Waals surface area contributed by atoms with E-state index in [0.29, 0.717) is 17.2 Å². The molecule has 1 heterocycles. The van der Waals surface area contributed by atoms with Crippen LogP contribution in [0, 0.1) is 0 Å². The zero-order chi connectivity index (χ0) is 22.9. The second-order valence-electron chi connectivity index (χ2n) is 7.37. The summed E-state index contributed by atoms with van der Waals surface area (Å²) in [6.45, 7) is 1.52. The van der Waals surface area contributed by atoms with Crippen LogP contribution in [0.1, 0.15) is 30.1 Å². The van der Waals surface area contributed by atoms with E-state index in [2.05, 4.69) is 10.0 Å². The summed E-state index contributed by atoms with van der Waals surface area (Å²) in [4.78, 5) is 24.9. The molecule has 0 saturated heterocycles. The van der Waals surface area contributed by atoms with Gasteiger partial charge in [0, 0.05) is 17.8 Å². The Hall–Kier alpha value is -3.31. The highest BCUT2D eigenvalue weighted by Crippen LogP contribution is 2.34. The molecule has 0 spiro atoms. The molecule has 2 aromatic rings. The van der Waals surface area contributed by atoms with Gasteiger partial charge in [0.2, 0.25) is 16.8 Å². The monoisotopic (exact) mass is 462 g/mol. The molecular formula is C21H22N2O8S. The van der Waals surface area contributed by atoms with E-state index >= 15 is 0 Å². The van der Waals surface area contributed by atoms with Crippen molar-refractivity contribution in [3.8, 4) is 17.2 Å². The van der Waals surface area contributed by atoms with Crippen molar-refractivity contribution in [2.24, 2.45) is 0 Å². The molecule has 0 bridgehead atoms. The molecule has 2 N–H and O–H groups in total. The van der Waals surface area contributed by atoms with Crippen LogP contribution in [0.15, 0.2) is 41.3 Å². The van der Waals surface area contributed by atoms with E-state index in [-0.39, 0.29) is 29.0 Å². The van der Waals surface area contributed by atoms with Crippen molar-refractivity contribution in [1.82, 2.24) is 4.72 Å². The highest BCUT2D eigenvalue weighted by atomic mass is 32.2. The highest BCUT2D eigenvalue weighted by Gasteiger charge is 2.31. The largest absolute Gasteiger partial charge is 0.495 e. The van der Waals surface area contributed by atoms with Gasteiger partial charge >= 0.3 is 5.97 Å². The van der Waals surface area contributed by atoms with Crippen LogP contribution in [-0.4, -0.2) is 46.3 Å². The fourth-order valence-electron chi connectivity index (χ4n) is 3.00. The van der Waals surface area contributed by atoms with Gasteiger partial charge < -0.3 is 24.3 Å². The number of rotatable bonds is 8. The first-order valence-electron chi connectivity index (χ1n) is 9.88. The molecule has 1 amide bonds. The maximum atomic E-state index is 12.6. The van der Waals surface area contributed by atoms with Crippen molar-refractivity contribution in [2.75, 3.05) is 19.2 Å². The molecule has 11 heteroatoms. The molecule has 1 saturated carbocycles.